The largest absolute Gasteiger partial charge is 0.480 e. The minimum atomic E-state index is -1.10. The number of carbonyl (C=O) groups excluding carboxylic acids is 1. The van der Waals surface area contributed by atoms with Crippen molar-refractivity contribution in [1.82, 2.24) is 0 Å². The van der Waals surface area contributed by atoms with Crippen molar-refractivity contribution in [2.24, 2.45) is 5.73 Å². The highest BCUT2D eigenvalue weighted by Gasteiger charge is 2.32. The van der Waals surface area contributed by atoms with Crippen molar-refractivity contribution in [3.05, 3.63) is 53.8 Å². The molecule has 3 rings (SSSR count). The van der Waals surface area contributed by atoms with Crippen LogP contribution in [0.4, 0.5) is 14.9 Å². The maximum absolute atomic E-state index is 14.7. The molecule has 2 aromatic carbocycles. The number of carboxylic acid groups (broad SMARTS) is 1. The van der Waals surface area contributed by atoms with Gasteiger partial charge in [0, 0.05) is 5.56 Å². The van der Waals surface area contributed by atoms with Crippen LogP contribution < -0.4 is 10.6 Å². The summed E-state index contributed by atoms with van der Waals surface area (Å²) in [5.74, 6) is -1.64. The first kappa shape index (κ1) is 21.6. The van der Waals surface area contributed by atoms with Gasteiger partial charge in [0.1, 0.15) is 18.0 Å². The zero-order valence-corrected chi connectivity index (χ0v) is 15.6. The van der Waals surface area contributed by atoms with Crippen LogP contribution in [0.1, 0.15) is 5.56 Å². The van der Waals surface area contributed by atoms with E-state index in [-0.39, 0.29) is 32.0 Å². The second-order valence-corrected chi connectivity index (χ2v) is 6.31. The lowest BCUT2D eigenvalue weighted by molar-refractivity contribution is -0.138. The van der Waals surface area contributed by atoms with Crippen molar-refractivity contribution in [3.8, 4) is 11.1 Å². The van der Waals surface area contributed by atoms with Gasteiger partial charge in [-0.1, -0.05) is 24.3 Å². The summed E-state index contributed by atoms with van der Waals surface area (Å²) in [5.41, 5.74) is 7.46. The van der Waals surface area contributed by atoms with E-state index in [1.807, 2.05) is 0 Å². The standard InChI is InChI=1S/C19H19FN2O5.ClH/c20-16-8-13(22-9-14(10-23)27-19(22)26)4-5-15(16)12-3-1-2-11(6-12)7-17(21)18(24)25;/h1-6,8,14,17,23H,7,9-10,21H2,(H,24,25);1H/t14-,17+;/m1./s1. The molecule has 2 aromatic rings. The number of benzene rings is 2. The van der Waals surface area contributed by atoms with Gasteiger partial charge in [0.15, 0.2) is 0 Å². The second-order valence-electron chi connectivity index (χ2n) is 6.31. The van der Waals surface area contributed by atoms with Gasteiger partial charge in [0.05, 0.1) is 18.8 Å². The number of amides is 1. The molecule has 0 aliphatic carbocycles. The molecule has 0 aromatic heterocycles. The zero-order chi connectivity index (χ0) is 19.6. The normalized spacial score (nSPS) is 17.0. The number of carboxylic acids is 1. The molecule has 9 heteroatoms. The highest BCUT2D eigenvalue weighted by Crippen LogP contribution is 2.29. The van der Waals surface area contributed by atoms with Crippen LogP contribution in [0.15, 0.2) is 42.5 Å². The van der Waals surface area contributed by atoms with E-state index in [1.165, 1.54) is 11.0 Å². The van der Waals surface area contributed by atoms with E-state index < -0.39 is 30.0 Å². The first-order valence-corrected chi connectivity index (χ1v) is 8.35. The summed E-state index contributed by atoms with van der Waals surface area (Å²) in [6.45, 7) is -0.148. The summed E-state index contributed by atoms with van der Waals surface area (Å²) in [6.07, 6.45) is -1.13. The number of hydrogen-bond acceptors (Lipinski definition) is 5. The number of ether oxygens (including phenoxy) is 1. The summed E-state index contributed by atoms with van der Waals surface area (Å²) in [5, 5.41) is 18.0. The molecule has 1 aliphatic heterocycles. The molecule has 0 saturated carbocycles. The number of nitrogens with zero attached hydrogens (tertiary/aromatic N) is 1. The lowest BCUT2D eigenvalue weighted by atomic mass is 9.99. The number of aliphatic carboxylic acids is 1. The molecule has 0 radical (unpaired) electrons. The van der Waals surface area contributed by atoms with Crippen molar-refractivity contribution in [2.75, 3.05) is 18.1 Å². The van der Waals surface area contributed by atoms with Crippen LogP contribution in [-0.4, -0.2) is 47.6 Å². The van der Waals surface area contributed by atoms with E-state index in [0.717, 1.165) is 0 Å². The van der Waals surface area contributed by atoms with Crippen LogP contribution in [0.2, 0.25) is 0 Å². The molecule has 1 fully saturated rings. The van der Waals surface area contributed by atoms with Gasteiger partial charge in [-0.3, -0.25) is 9.69 Å². The third-order valence-corrected chi connectivity index (χ3v) is 4.35. The van der Waals surface area contributed by atoms with Crippen LogP contribution in [0.25, 0.3) is 11.1 Å². The summed E-state index contributed by atoms with van der Waals surface area (Å²) in [7, 11) is 0. The van der Waals surface area contributed by atoms with Gasteiger partial charge in [-0.05, 0) is 35.7 Å². The Morgan fingerprint density at radius 2 is 2.07 bits per heavy atom. The predicted octanol–water partition coefficient (Wildman–Crippen LogP) is 2.19. The third-order valence-electron chi connectivity index (χ3n) is 4.35. The molecule has 0 spiro atoms. The molecule has 28 heavy (non-hydrogen) atoms. The second kappa shape index (κ2) is 9.01. The third kappa shape index (κ3) is 4.59. The molecule has 1 amide bonds. The van der Waals surface area contributed by atoms with Crippen LogP contribution >= 0.6 is 12.4 Å². The Balaban J connectivity index is 0.00000280. The lowest BCUT2D eigenvalue weighted by Gasteiger charge is -2.15. The first-order chi connectivity index (χ1) is 12.9. The number of hydrogen-bond donors (Lipinski definition) is 3. The maximum atomic E-state index is 14.7. The fourth-order valence-electron chi connectivity index (χ4n) is 2.94. The van der Waals surface area contributed by atoms with Crippen LogP contribution in [-0.2, 0) is 16.0 Å². The minimum Gasteiger partial charge on any atom is -0.480 e. The molecule has 1 saturated heterocycles. The van der Waals surface area contributed by atoms with Gasteiger partial charge in [-0.2, -0.15) is 0 Å². The molecule has 2 atom stereocenters. The number of carbonyl (C=O) groups is 2. The van der Waals surface area contributed by atoms with E-state index >= 15 is 0 Å². The van der Waals surface area contributed by atoms with E-state index in [9.17, 15) is 14.0 Å². The van der Waals surface area contributed by atoms with E-state index in [4.69, 9.17) is 20.7 Å². The maximum Gasteiger partial charge on any atom is 0.414 e. The Morgan fingerprint density at radius 1 is 1.32 bits per heavy atom. The Hall–Kier alpha value is -2.68. The Labute approximate surface area is 166 Å². The number of cyclic esters (lactones) is 1. The predicted molar refractivity (Wildman–Crippen MR) is 103 cm³/mol. The summed E-state index contributed by atoms with van der Waals surface area (Å²) in [6, 6.07) is 10.2. The summed E-state index contributed by atoms with van der Waals surface area (Å²) >= 11 is 0. The molecule has 150 valence electrons. The van der Waals surface area contributed by atoms with Crippen molar-refractivity contribution < 1.29 is 28.9 Å². The highest BCUT2D eigenvalue weighted by atomic mass is 35.5. The Bertz CT molecular complexity index is 879. The molecule has 0 bridgehead atoms. The Morgan fingerprint density at radius 3 is 2.68 bits per heavy atom. The zero-order valence-electron chi connectivity index (χ0n) is 14.7. The number of aliphatic hydroxyl groups excluding tert-OH is 1. The van der Waals surface area contributed by atoms with Gasteiger partial charge in [0.2, 0.25) is 0 Å². The summed E-state index contributed by atoms with van der Waals surface area (Å²) < 4.78 is 19.6. The van der Waals surface area contributed by atoms with E-state index in [0.29, 0.717) is 22.4 Å². The number of halogens is 2. The van der Waals surface area contributed by atoms with Gasteiger partial charge >= 0.3 is 12.1 Å². The average molecular weight is 411 g/mol. The monoisotopic (exact) mass is 410 g/mol. The molecule has 1 heterocycles. The number of aliphatic hydroxyl groups is 1. The van der Waals surface area contributed by atoms with E-state index in [1.54, 1.807) is 36.4 Å². The number of nitrogens with two attached hydrogens (primary N) is 1. The lowest BCUT2D eigenvalue weighted by Crippen LogP contribution is -2.32. The molecule has 7 nitrogen and oxygen atoms in total. The smallest absolute Gasteiger partial charge is 0.414 e. The average Bonchev–Trinajstić information content (AvgIpc) is 3.02. The van der Waals surface area contributed by atoms with Crippen molar-refractivity contribution >= 4 is 30.2 Å². The SMILES string of the molecule is Cl.N[C@@H](Cc1cccc(-c2ccc(N3C[C@H](CO)OC3=O)cc2F)c1)C(=O)O. The van der Waals surface area contributed by atoms with Crippen molar-refractivity contribution in [2.45, 2.75) is 18.6 Å². The van der Waals surface area contributed by atoms with Crippen molar-refractivity contribution in [1.29, 1.82) is 0 Å². The molecule has 1 aliphatic rings. The number of rotatable bonds is 6. The van der Waals surface area contributed by atoms with Crippen molar-refractivity contribution in [3.63, 3.8) is 0 Å². The van der Waals surface area contributed by atoms with Gasteiger partial charge in [0.25, 0.3) is 0 Å². The topological polar surface area (TPSA) is 113 Å². The number of anilines is 1. The fraction of sp³-hybridized carbons (Fsp3) is 0.263. The van der Waals surface area contributed by atoms with Gasteiger partial charge in [-0.25, -0.2) is 9.18 Å². The first-order valence-electron chi connectivity index (χ1n) is 8.35. The molecule has 0 unspecified atom stereocenters. The fourth-order valence-corrected chi connectivity index (χ4v) is 2.94. The van der Waals surface area contributed by atoms with E-state index in [2.05, 4.69) is 0 Å². The quantitative estimate of drug-likeness (QED) is 0.672. The van der Waals surface area contributed by atoms with Crippen LogP contribution in [0, 0.1) is 5.82 Å². The highest BCUT2D eigenvalue weighted by molar-refractivity contribution is 5.90. The van der Waals surface area contributed by atoms with Gasteiger partial charge < -0.3 is 20.7 Å². The molecular formula is C19H20ClFN2O5. The molecule has 4 N–H and O–H groups in total. The summed E-state index contributed by atoms with van der Waals surface area (Å²) in [4.78, 5) is 24.0. The molecular weight excluding hydrogens is 391 g/mol. The minimum absolute atomic E-state index is 0. The van der Waals surface area contributed by atoms with Gasteiger partial charge in [-0.15, -0.1) is 12.4 Å². The Kier molecular flexibility index (Phi) is 6.95. The van der Waals surface area contributed by atoms with Crippen LogP contribution in [0.5, 0.6) is 0 Å². The van der Waals surface area contributed by atoms with Crippen LogP contribution in [0.3, 0.4) is 0 Å².